The summed E-state index contributed by atoms with van der Waals surface area (Å²) in [6.07, 6.45) is 2.40. The van der Waals surface area contributed by atoms with E-state index in [1.54, 1.807) is 4.90 Å². The number of benzene rings is 1. The van der Waals surface area contributed by atoms with Gasteiger partial charge in [0.2, 0.25) is 0 Å². The van der Waals surface area contributed by atoms with E-state index in [-0.39, 0.29) is 18.1 Å². The maximum atomic E-state index is 12.2. The van der Waals surface area contributed by atoms with Crippen molar-refractivity contribution in [3.05, 3.63) is 64.6 Å². The van der Waals surface area contributed by atoms with Crippen molar-refractivity contribution in [2.45, 2.75) is 0 Å². The van der Waals surface area contributed by atoms with Gasteiger partial charge in [-0.25, -0.2) is 4.79 Å². The van der Waals surface area contributed by atoms with Crippen LogP contribution in [-0.4, -0.2) is 49.6 Å². The topological polar surface area (TPSA) is 76.8 Å². The second-order valence-corrected chi connectivity index (χ2v) is 6.25. The highest BCUT2D eigenvalue weighted by molar-refractivity contribution is 6.33. The average molecular weight is 376 g/mol. The van der Waals surface area contributed by atoms with Crippen LogP contribution >= 0.6 is 11.6 Å². The lowest BCUT2D eigenvalue weighted by Crippen LogP contribution is -2.50. The number of hydrogen-bond donors (Lipinski definition) is 0. The van der Waals surface area contributed by atoms with E-state index < -0.39 is 5.97 Å². The van der Waals surface area contributed by atoms with Crippen molar-refractivity contribution in [2.75, 3.05) is 37.7 Å². The minimum absolute atomic E-state index is 0.230. The summed E-state index contributed by atoms with van der Waals surface area (Å²) in [4.78, 5) is 27.9. The summed E-state index contributed by atoms with van der Waals surface area (Å²) in [7, 11) is 0. The summed E-state index contributed by atoms with van der Waals surface area (Å²) in [5.41, 5.74) is 1.18. The van der Waals surface area contributed by atoms with Gasteiger partial charge < -0.3 is 19.7 Å². The van der Waals surface area contributed by atoms with E-state index in [1.165, 1.54) is 24.5 Å². The molecule has 1 fully saturated rings. The van der Waals surface area contributed by atoms with Crippen molar-refractivity contribution < 1.29 is 19.1 Å². The zero-order chi connectivity index (χ0) is 18.5. The Balaban J connectivity index is 1.48. The second-order valence-electron chi connectivity index (χ2n) is 5.84. The first-order valence-corrected chi connectivity index (χ1v) is 8.55. The van der Waals surface area contributed by atoms with Crippen molar-refractivity contribution in [3.8, 4) is 0 Å². The number of aromatic nitrogens is 1. The average Bonchev–Trinajstić information content (AvgIpc) is 2.67. The van der Waals surface area contributed by atoms with Crippen molar-refractivity contribution in [3.63, 3.8) is 0 Å². The minimum atomic E-state index is -0.631. The predicted molar refractivity (Wildman–Crippen MR) is 95.9 cm³/mol. The van der Waals surface area contributed by atoms with Crippen LogP contribution in [0.25, 0.3) is 0 Å². The maximum Gasteiger partial charge on any atom is 0.339 e. The molecule has 1 aromatic heterocycles. The predicted octanol–water partition coefficient (Wildman–Crippen LogP) is 1.48. The number of carbonyl (C=O) groups is 2. The highest BCUT2D eigenvalue weighted by atomic mass is 35.5. The number of halogens is 1. The van der Waals surface area contributed by atoms with E-state index >= 15 is 0 Å². The summed E-state index contributed by atoms with van der Waals surface area (Å²) >= 11 is 6.21. The van der Waals surface area contributed by atoms with Gasteiger partial charge in [-0.3, -0.25) is 4.79 Å². The molecule has 0 saturated carbocycles. The smallest absolute Gasteiger partial charge is 0.339 e. The fraction of sp³-hybridized carbons (Fsp3) is 0.278. The lowest BCUT2D eigenvalue weighted by molar-refractivity contribution is -0.605. The van der Waals surface area contributed by atoms with Gasteiger partial charge >= 0.3 is 5.97 Å². The molecule has 0 bridgehead atoms. The van der Waals surface area contributed by atoms with E-state index in [9.17, 15) is 14.8 Å². The molecule has 8 heteroatoms. The highest BCUT2D eigenvalue weighted by Crippen LogP contribution is 2.26. The molecule has 3 rings (SSSR count). The van der Waals surface area contributed by atoms with Crippen LogP contribution in [0.5, 0.6) is 0 Å². The monoisotopic (exact) mass is 375 g/mol. The molecular weight excluding hydrogens is 358 g/mol. The van der Waals surface area contributed by atoms with Crippen molar-refractivity contribution >= 4 is 29.2 Å². The number of ether oxygens (including phenoxy) is 1. The molecule has 2 heterocycles. The van der Waals surface area contributed by atoms with E-state index in [4.69, 9.17) is 16.3 Å². The van der Waals surface area contributed by atoms with Gasteiger partial charge in [0.05, 0.1) is 16.3 Å². The van der Waals surface area contributed by atoms with Crippen molar-refractivity contribution in [1.29, 1.82) is 0 Å². The zero-order valence-corrected chi connectivity index (χ0v) is 14.8. The fourth-order valence-electron chi connectivity index (χ4n) is 2.76. The van der Waals surface area contributed by atoms with Gasteiger partial charge in [-0.2, -0.15) is 4.73 Å². The standard InChI is InChI=1S/C18H18ClN3O4/c19-15-3-1-2-4-16(15)20-9-11-21(12-10-20)17(23)13-26-18(24)14-5-7-22(25)8-6-14/h1-8H,9-13H2. The summed E-state index contributed by atoms with van der Waals surface area (Å²) in [5, 5.41) is 11.6. The largest absolute Gasteiger partial charge is 0.619 e. The van der Waals surface area contributed by atoms with E-state index in [1.807, 2.05) is 24.3 Å². The molecule has 1 saturated heterocycles. The molecule has 2 aromatic rings. The summed E-state index contributed by atoms with van der Waals surface area (Å²) in [6, 6.07) is 10.3. The van der Waals surface area contributed by atoms with Crippen LogP contribution in [0.1, 0.15) is 10.4 Å². The Kier molecular flexibility index (Phi) is 5.58. The number of amides is 1. The van der Waals surface area contributed by atoms with Gasteiger partial charge in [-0.05, 0) is 12.1 Å². The number of carbonyl (C=O) groups excluding carboxylic acids is 2. The normalized spacial score (nSPS) is 14.2. The number of hydrogen-bond acceptors (Lipinski definition) is 5. The van der Waals surface area contributed by atoms with Gasteiger partial charge in [0.25, 0.3) is 5.91 Å². The molecule has 1 aliphatic heterocycles. The molecule has 0 N–H and O–H groups in total. The summed E-state index contributed by atoms with van der Waals surface area (Å²) < 4.78 is 5.61. The molecule has 0 radical (unpaired) electrons. The minimum Gasteiger partial charge on any atom is -0.619 e. The van der Waals surface area contributed by atoms with Crippen LogP contribution in [0, 0.1) is 5.21 Å². The molecule has 0 aliphatic carbocycles. The number of nitrogens with zero attached hydrogens (tertiary/aromatic N) is 3. The molecule has 1 aromatic carbocycles. The molecule has 0 unspecified atom stereocenters. The van der Waals surface area contributed by atoms with Crippen LogP contribution in [0.2, 0.25) is 5.02 Å². The molecule has 0 spiro atoms. The zero-order valence-electron chi connectivity index (χ0n) is 14.0. The van der Waals surface area contributed by atoms with Gasteiger partial charge in [0, 0.05) is 38.3 Å². The molecule has 136 valence electrons. The van der Waals surface area contributed by atoms with Crippen LogP contribution in [0.3, 0.4) is 0 Å². The van der Waals surface area contributed by atoms with Crippen LogP contribution in [0.15, 0.2) is 48.8 Å². The molecule has 1 aliphatic rings. The SMILES string of the molecule is O=C(OCC(=O)N1CCN(c2ccccc2Cl)CC1)c1cc[n+]([O-])cc1. The highest BCUT2D eigenvalue weighted by Gasteiger charge is 2.23. The lowest BCUT2D eigenvalue weighted by Gasteiger charge is -2.36. The third kappa shape index (κ3) is 4.23. The quantitative estimate of drug-likeness (QED) is 0.459. The Bertz CT molecular complexity index is 789. The lowest BCUT2D eigenvalue weighted by atomic mass is 10.2. The number of piperazine rings is 1. The third-order valence-corrected chi connectivity index (χ3v) is 4.51. The Morgan fingerprint density at radius 3 is 2.38 bits per heavy atom. The Labute approximate surface area is 155 Å². The molecular formula is C18H18ClN3O4. The number of pyridine rings is 1. The third-order valence-electron chi connectivity index (χ3n) is 4.19. The Hall–Kier alpha value is -2.80. The number of esters is 1. The van der Waals surface area contributed by atoms with Crippen LogP contribution in [-0.2, 0) is 9.53 Å². The van der Waals surface area contributed by atoms with Crippen LogP contribution in [0.4, 0.5) is 5.69 Å². The van der Waals surface area contributed by atoms with E-state index in [2.05, 4.69) is 4.90 Å². The molecule has 7 nitrogen and oxygen atoms in total. The number of rotatable bonds is 4. The maximum absolute atomic E-state index is 12.2. The van der Waals surface area contributed by atoms with Crippen molar-refractivity contribution in [2.24, 2.45) is 0 Å². The van der Waals surface area contributed by atoms with Crippen molar-refractivity contribution in [1.82, 2.24) is 4.90 Å². The van der Waals surface area contributed by atoms with E-state index in [0.29, 0.717) is 35.9 Å². The first kappa shape index (κ1) is 18.0. The van der Waals surface area contributed by atoms with Gasteiger partial charge in [-0.15, -0.1) is 0 Å². The Morgan fingerprint density at radius 2 is 1.73 bits per heavy atom. The molecule has 0 atom stereocenters. The van der Waals surface area contributed by atoms with Gasteiger partial charge in [-0.1, -0.05) is 23.7 Å². The number of para-hydroxylation sites is 1. The Morgan fingerprint density at radius 1 is 1.08 bits per heavy atom. The molecule has 1 amide bonds. The number of anilines is 1. The van der Waals surface area contributed by atoms with Gasteiger partial charge in [0.15, 0.2) is 19.0 Å². The fourth-order valence-corrected chi connectivity index (χ4v) is 3.01. The van der Waals surface area contributed by atoms with E-state index in [0.717, 1.165) is 5.69 Å². The first-order valence-electron chi connectivity index (χ1n) is 8.18. The molecule has 26 heavy (non-hydrogen) atoms. The van der Waals surface area contributed by atoms with Gasteiger partial charge in [0.1, 0.15) is 0 Å². The summed E-state index contributed by atoms with van der Waals surface area (Å²) in [6.45, 7) is 2.06. The summed E-state index contributed by atoms with van der Waals surface area (Å²) in [5.74, 6) is -0.874. The van der Waals surface area contributed by atoms with Crippen LogP contribution < -0.4 is 9.63 Å². The second kappa shape index (κ2) is 8.05. The first-order chi connectivity index (χ1) is 12.5.